The lowest BCUT2D eigenvalue weighted by atomic mass is 9.43. The van der Waals surface area contributed by atoms with Gasteiger partial charge in [0.25, 0.3) is 23.6 Å². The molecule has 10 aliphatic rings. The van der Waals surface area contributed by atoms with Gasteiger partial charge in [0, 0.05) is 58.0 Å². The first-order valence-corrected chi connectivity index (χ1v) is 30.3. The van der Waals surface area contributed by atoms with E-state index in [0.29, 0.717) is 110 Å². The molecule has 0 aromatic heterocycles. The molecule has 4 amide bonds. The number of ether oxygens (including phenoxy) is 2. The number of esters is 2. The number of hydrogen-bond donors (Lipinski definition) is 4. The quantitative estimate of drug-likeness (QED) is 0.130. The minimum absolute atomic E-state index is 0.0140. The van der Waals surface area contributed by atoms with E-state index >= 15 is 0 Å². The highest BCUT2D eigenvalue weighted by atomic mass is 16.5. The second-order valence-corrected chi connectivity index (χ2v) is 28.3. The van der Waals surface area contributed by atoms with E-state index in [-0.39, 0.29) is 105 Å². The van der Waals surface area contributed by atoms with E-state index in [9.17, 15) is 49.2 Å². The fraction of sp³-hybridized carbons (Fsp3) is 0.750. The lowest BCUT2D eigenvalue weighted by molar-refractivity contribution is -0.204. The van der Waals surface area contributed by atoms with Gasteiger partial charge in [0.15, 0.2) is 0 Å². The van der Waals surface area contributed by atoms with Crippen molar-refractivity contribution in [3.63, 3.8) is 0 Å². The Morgan fingerprint density at radius 1 is 0.526 bits per heavy atom. The molecule has 2 aromatic carbocycles. The highest BCUT2D eigenvalue weighted by Crippen LogP contribution is 2.71. The summed E-state index contributed by atoms with van der Waals surface area (Å²) >= 11 is 0. The summed E-state index contributed by atoms with van der Waals surface area (Å²) in [6, 6.07) is 5.83. The molecule has 14 heteroatoms. The second-order valence-electron chi connectivity index (χ2n) is 28.3. The number of aliphatic hydroxyl groups excluding tert-OH is 4. The Bertz CT molecular complexity index is 2580. The van der Waals surface area contributed by atoms with Crippen LogP contribution in [0.15, 0.2) is 24.3 Å². The highest BCUT2D eigenvalue weighted by Gasteiger charge is 2.68. The predicted molar refractivity (Wildman–Crippen MR) is 289 cm³/mol. The lowest BCUT2D eigenvalue weighted by Gasteiger charge is -2.64. The van der Waals surface area contributed by atoms with Crippen LogP contribution in [0.5, 0.6) is 0 Å². The molecule has 2 heterocycles. The van der Waals surface area contributed by atoms with Gasteiger partial charge in [-0.05, 0) is 220 Å². The van der Waals surface area contributed by atoms with Gasteiger partial charge < -0.3 is 29.9 Å². The Hall–Kier alpha value is -4.24. The maximum absolute atomic E-state index is 14.9. The van der Waals surface area contributed by atoms with Crippen LogP contribution in [0.2, 0.25) is 0 Å². The maximum Gasteiger partial charge on any atom is 0.305 e. The molecule has 14 nitrogen and oxygen atoms in total. The van der Waals surface area contributed by atoms with E-state index in [0.717, 1.165) is 38.5 Å². The fourth-order valence-corrected chi connectivity index (χ4v) is 21.6. The van der Waals surface area contributed by atoms with Crippen molar-refractivity contribution in [3.8, 4) is 0 Å². The van der Waals surface area contributed by atoms with Crippen molar-refractivity contribution in [2.45, 2.75) is 194 Å². The molecule has 78 heavy (non-hydrogen) atoms. The van der Waals surface area contributed by atoms with Gasteiger partial charge in [-0.3, -0.25) is 38.6 Å². The number of nitrogens with zero attached hydrogens (tertiary/aromatic N) is 2. The van der Waals surface area contributed by atoms with Crippen molar-refractivity contribution in [1.82, 2.24) is 9.80 Å². The van der Waals surface area contributed by atoms with Gasteiger partial charge in [-0.2, -0.15) is 0 Å². The van der Waals surface area contributed by atoms with Crippen LogP contribution < -0.4 is 0 Å². The van der Waals surface area contributed by atoms with E-state index in [2.05, 4.69) is 41.5 Å². The van der Waals surface area contributed by atoms with Gasteiger partial charge in [0.1, 0.15) is 0 Å². The average molecular weight is 1080 g/mol. The van der Waals surface area contributed by atoms with Gasteiger partial charge >= 0.3 is 11.9 Å². The number of fused-ring (bicyclic) bond motifs is 10. The summed E-state index contributed by atoms with van der Waals surface area (Å²) in [5.41, 5.74) is 0.0248. The first-order valence-electron chi connectivity index (χ1n) is 30.3. The Balaban J connectivity index is 0.745. The van der Waals surface area contributed by atoms with Crippen LogP contribution in [-0.4, -0.2) is 117 Å². The molecule has 0 spiro atoms. The van der Waals surface area contributed by atoms with Crippen molar-refractivity contribution in [2.24, 2.45) is 92.7 Å². The van der Waals surface area contributed by atoms with Crippen molar-refractivity contribution >= 4 is 46.3 Å². The average Bonchev–Trinajstić information content (AvgIpc) is 3.21. The number of imide groups is 2. The molecule has 8 saturated carbocycles. The molecule has 0 unspecified atom stereocenters. The number of benzene rings is 2. The molecule has 2 aromatic rings. The van der Waals surface area contributed by atoms with Crippen LogP contribution in [-0.2, 0) is 19.1 Å². The third-order valence-electron chi connectivity index (χ3n) is 25.8. The molecule has 8 aliphatic carbocycles. The van der Waals surface area contributed by atoms with Gasteiger partial charge in [-0.1, -0.05) is 41.5 Å². The number of carbonyl (C=O) groups is 6. The fourth-order valence-electron chi connectivity index (χ4n) is 21.6. The van der Waals surface area contributed by atoms with E-state index in [1.54, 1.807) is 24.3 Å². The first-order chi connectivity index (χ1) is 37.0. The number of rotatable bonds is 10. The number of hydrogen-bond acceptors (Lipinski definition) is 12. The number of amides is 4. The summed E-state index contributed by atoms with van der Waals surface area (Å²) in [4.78, 5) is 86.6. The second kappa shape index (κ2) is 19.2. The number of carbonyl (C=O) groups excluding carboxylic acids is 6. The Kier molecular flexibility index (Phi) is 13.4. The maximum atomic E-state index is 14.9. The molecule has 2 aliphatic heterocycles. The van der Waals surface area contributed by atoms with Gasteiger partial charge in [-0.25, -0.2) is 0 Å². The molecule has 12 rings (SSSR count). The first kappa shape index (κ1) is 54.4. The monoisotopic (exact) mass is 1070 g/mol. The summed E-state index contributed by atoms with van der Waals surface area (Å²) in [7, 11) is 2.83. The number of methoxy groups -OCH3 is 2. The molecule has 424 valence electrons. The summed E-state index contributed by atoms with van der Waals surface area (Å²) in [6.45, 7) is 13.4. The van der Waals surface area contributed by atoms with E-state index in [1.807, 2.05) is 0 Å². The topological polar surface area (TPSA) is 208 Å². The van der Waals surface area contributed by atoms with E-state index in [4.69, 9.17) is 9.47 Å². The number of aliphatic hydroxyl groups is 4. The van der Waals surface area contributed by atoms with E-state index < -0.39 is 60.1 Å². The van der Waals surface area contributed by atoms with Crippen LogP contribution in [0.3, 0.4) is 0 Å². The van der Waals surface area contributed by atoms with Gasteiger partial charge in [0.2, 0.25) is 0 Å². The normalized spacial score (nSPS) is 44.2. The summed E-state index contributed by atoms with van der Waals surface area (Å²) in [6.07, 6.45) is 9.57. The molecular formula is C64H86N2O12. The molecule has 8 fully saturated rings. The zero-order valence-corrected chi connectivity index (χ0v) is 47.4. The minimum atomic E-state index is -0.587. The molecule has 0 radical (unpaired) electrons. The van der Waals surface area contributed by atoms with Crippen LogP contribution in [0, 0.1) is 92.7 Å². The molecule has 0 bridgehead atoms. The third-order valence-corrected chi connectivity index (χ3v) is 25.8. The van der Waals surface area contributed by atoms with Gasteiger partial charge in [-0.15, -0.1) is 0 Å². The SMILES string of the molecule is COC(=O)CC[C@@H](C)[C@H]1CC[C@H]2[C@@H]3[C@H](O)C[C@@H]4C[C@H](N5C(=O)c6ccc7c8c(ccc(c68)C5=O)C(=O)N([C@@H]5CC[C@@]6(C)[C@@H](C5)C[C@@H](O)[C@@H]5[C@@H]6C[C@H](O)[C@]6(C)[C@@H]([C@H](C)CCC(=O)OC)CC[C@@H]56)C7=O)CC[C@]4(C)[C@H]3C[C@H](O)[C@]12C. The largest absolute Gasteiger partial charge is 0.469 e. The smallest absolute Gasteiger partial charge is 0.305 e. The Labute approximate surface area is 460 Å². The van der Waals surface area contributed by atoms with Crippen LogP contribution >= 0.6 is 0 Å². The van der Waals surface area contributed by atoms with Crippen LogP contribution in [0.25, 0.3) is 10.8 Å². The van der Waals surface area contributed by atoms with Crippen LogP contribution in [0.4, 0.5) is 0 Å². The molecule has 22 atom stereocenters. The molecule has 0 saturated heterocycles. The lowest BCUT2D eigenvalue weighted by Crippen LogP contribution is -2.63. The Morgan fingerprint density at radius 2 is 0.872 bits per heavy atom. The molecular weight excluding hydrogens is 989 g/mol. The Morgan fingerprint density at radius 3 is 1.21 bits per heavy atom. The van der Waals surface area contributed by atoms with Crippen molar-refractivity contribution < 1.29 is 58.7 Å². The third kappa shape index (κ3) is 7.58. The highest BCUT2D eigenvalue weighted by molar-refractivity contribution is 6.33. The van der Waals surface area contributed by atoms with Crippen LogP contribution in [0.1, 0.15) is 199 Å². The van der Waals surface area contributed by atoms with Crippen molar-refractivity contribution in [2.75, 3.05) is 14.2 Å². The zero-order chi connectivity index (χ0) is 55.4. The summed E-state index contributed by atoms with van der Waals surface area (Å²) in [5, 5.41) is 49.6. The standard InChI is InChI=1S/C64H86N2O12/c1-31(9-19-51(71)77-7)41-15-17-43-55-45(29-49(69)63(41,43)5)61(3)23-21-35(25-33(61)27-47(55)67)65-57(73)37-11-13-39-54-40(14-12-38(53(37)54)58(65)74)60(76)66(59(39)75)36-22-24-62(4)34(26-36)28-48(68)56-44-18-16-42(32(2)10-20-52(72)78-8)64(44,6)50(70)30-46(56)62/h11-14,31-36,41-50,55-56,67-70H,9-10,15-30H2,1-8H3/t31-,32-,33+,34+,35-,36-,41-,42-,43+,44+,45+,46+,47-,48-,49+,50+,55+,56+,61+,62+,63-,64-/m1/s1. The zero-order valence-electron chi connectivity index (χ0n) is 47.4. The summed E-state index contributed by atoms with van der Waals surface area (Å²) < 4.78 is 9.88. The van der Waals surface area contributed by atoms with Crippen molar-refractivity contribution in [1.29, 1.82) is 0 Å². The van der Waals surface area contributed by atoms with E-state index in [1.165, 1.54) is 24.0 Å². The molecule has 4 N–H and O–H groups in total. The summed E-state index contributed by atoms with van der Waals surface area (Å²) in [5.74, 6) is -0.772. The predicted octanol–water partition coefficient (Wildman–Crippen LogP) is 9.15. The minimum Gasteiger partial charge on any atom is -0.469 e. The van der Waals surface area contributed by atoms with Gasteiger partial charge in [0.05, 0.1) is 38.6 Å². The van der Waals surface area contributed by atoms with Crippen molar-refractivity contribution in [3.05, 3.63) is 46.5 Å².